The highest BCUT2D eigenvalue weighted by molar-refractivity contribution is 7.10. The number of carbonyl (C=O) groups excluding carboxylic acids is 1. The van der Waals surface area contributed by atoms with Crippen molar-refractivity contribution < 1.29 is 4.79 Å². The highest BCUT2D eigenvalue weighted by atomic mass is 32.1. The number of rotatable bonds is 3. The normalized spacial score (nSPS) is 19.9. The molecule has 0 bridgehead atoms. The second-order valence-corrected chi connectivity index (χ2v) is 4.36. The molecular weight excluding hydrogens is 210 g/mol. The van der Waals surface area contributed by atoms with Crippen LogP contribution in [0.1, 0.15) is 16.9 Å². The monoisotopic (exact) mass is 221 g/mol. The number of carbonyl (C=O) groups is 1. The molecule has 2 rings (SSSR count). The molecule has 15 heavy (non-hydrogen) atoms. The van der Waals surface area contributed by atoms with Gasteiger partial charge in [-0.3, -0.25) is 4.79 Å². The maximum atomic E-state index is 11.2. The summed E-state index contributed by atoms with van der Waals surface area (Å²) in [6.45, 7) is 1.40. The second kappa shape index (κ2) is 4.43. The third-order valence-electron chi connectivity index (χ3n) is 2.37. The van der Waals surface area contributed by atoms with Gasteiger partial charge in [0.05, 0.1) is 6.04 Å². The molecule has 1 aliphatic rings. The first-order valence-corrected chi connectivity index (χ1v) is 5.66. The van der Waals surface area contributed by atoms with Gasteiger partial charge in [-0.05, 0) is 23.4 Å². The van der Waals surface area contributed by atoms with Crippen molar-refractivity contribution in [3.63, 3.8) is 0 Å². The van der Waals surface area contributed by atoms with E-state index in [2.05, 4.69) is 16.7 Å². The molecule has 2 heterocycles. The summed E-state index contributed by atoms with van der Waals surface area (Å²) in [7, 11) is 0. The molecule has 0 aliphatic carbocycles. The molecule has 2 N–H and O–H groups in total. The predicted molar refractivity (Wildman–Crippen MR) is 57.3 cm³/mol. The van der Waals surface area contributed by atoms with E-state index in [0.717, 1.165) is 18.5 Å². The van der Waals surface area contributed by atoms with E-state index in [1.807, 2.05) is 11.4 Å². The first-order chi connectivity index (χ1) is 7.29. The number of amides is 1. The van der Waals surface area contributed by atoms with Crippen LogP contribution in [0.25, 0.3) is 0 Å². The van der Waals surface area contributed by atoms with Gasteiger partial charge in [0.15, 0.2) is 0 Å². The molecule has 5 heteroatoms. The van der Waals surface area contributed by atoms with Crippen LogP contribution in [0.4, 0.5) is 0 Å². The van der Waals surface area contributed by atoms with Gasteiger partial charge >= 0.3 is 0 Å². The molecule has 1 aliphatic heterocycles. The molecule has 0 unspecified atom stereocenters. The van der Waals surface area contributed by atoms with E-state index in [-0.39, 0.29) is 11.9 Å². The van der Waals surface area contributed by atoms with Gasteiger partial charge in [-0.2, -0.15) is 5.26 Å². The topological polar surface area (TPSA) is 64.9 Å². The van der Waals surface area contributed by atoms with Crippen LogP contribution in [-0.4, -0.2) is 18.5 Å². The highest BCUT2D eigenvalue weighted by Crippen LogP contribution is 2.13. The number of nitrogens with zero attached hydrogens (tertiary/aromatic N) is 1. The smallest absolute Gasteiger partial charge is 0.237 e. The molecular formula is C10H11N3OS. The minimum Gasteiger partial charge on any atom is -0.355 e. The van der Waals surface area contributed by atoms with Crippen molar-refractivity contribution in [3.05, 3.63) is 21.9 Å². The van der Waals surface area contributed by atoms with E-state index in [1.54, 1.807) is 0 Å². The van der Waals surface area contributed by atoms with Crippen molar-refractivity contribution in [1.29, 1.82) is 5.26 Å². The number of hydrogen-bond donors (Lipinski definition) is 2. The lowest BCUT2D eigenvalue weighted by atomic mass is 10.2. The number of thiophene rings is 1. The predicted octanol–water partition coefficient (Wildman–Crippen LogP) is 0.598. The largest absolute Gasteiger partial charge is 0.355 e. The average molecular weight is 221 g/mol. The Bertz CT molecular complexity index is 407. The lowest BCUT2D eigenvalue weighted by Crippen LogP contribution is -2.35. The molecule has 1 aromatic rings. The van der Waals surface area contributed by atoms with E-state index in [0.29, 0.717) is 11.4 Å². The second-order valence-electron chi connectivity index (χ2n) is 3.44. The minimum atomic E-state index is -0.0737. The maximum absolute atomic E-state index is 11.2. The van der Waals surface area contributed by atoms with Crippen molar-refractivity contribution in [2.45, 2.75) is 19.0 Å². The fourth-order valence-corrected chi connectivity index (χ4v) is 2.26. The Hall–Kier alpha value is -1.38. The fourth-order valence-electron chi connectivity index (χ4n) is 1.56. The molecule has 0 spiro atoms. The Labute approximate surface area is 91.9 Å². The average Bonchev–Trinajstić information content (AvgIpc) is 2.84. The maximum Gasteiger partial charge on any atom is 0.237 e. The van der Waals surface area contributed by atoms with Gasteiger partial charge in [-0.15, -0.1) is 11.3 Å². The lowest BCUT2D eigenvalue weighted by Gasteiger charge is -2.07. The Morgan fingerprint density at radius 3 is 3.20 bits per heavy atom. The molecule has 1 saturated heterocycles. The van der Waals surface area contributed by atoms with Gasteiger partial charge in [-0.1, -0.05) is 0 Å². The first-order valence-electron chi connectivity index (χ1n) is 4.78. The van der Waals surface area contributed by atoms with E-state index in [4.69, 9.17) is 5.26 Å². The fraction of sp³-hybridized carbons (Fsp3) is 0.400. The van der Waals surface area contributed by atoms with Crippen molar-refractivity contribution in [2.24, 2.45) is 0 Å². The van der Waals surface area contributed by atoms with Gasteiger partial charge in [0.25, 0.3) is 0 Å². The van der Waals surface area contributed by atoms with Crippen LogP contribution in [0.2, 0.25) is 0 Å². The van der Waals surface area contributed by atoms with Gasteiger partial charge in [0, 0.05) is 13.1 Å². The molecule has 1 atom stereocenters. The van der Waals surface area contributed by atoms with Crippen LogP contribution >= 0.6 is 11.3 Å². The quantitative estimate of drug-likeness (QED) is 0.785. The zero-order chi connectivity index (χ0) is 10.7. The summed E-state index contributed by atoms with van der Waals surface area (Å²) in [5.74, 6) is 0.0748. The summed E-state index contributed by atoms with van der Waals surface area (Å²) in [5.41, 5.74) is 1.07. The first kappa shape index (κ1) is 10.1. The van der Waals surface area contributed by atoms with E-state index in [9.17, 15) is 4.79 Å². The van der Waals surface area contributed by atoms with Gasteiger partial charge in [-0.25, -0.2) is 0 Å². The lowest BCUT2D eigenvalue weighted by molar-refractivity contribution is -0.120. The van der Waals surface area contributed by atoms with Crippen LogP contribution < -0.4 is 10.6 Å². The van der Waals surface area contributed by atoms with Gasteiger partial charge in [0.2, 0.25) is 5.91 Å². The molecule has 1 fully saturated rings. The minimum absolute atomic E-state index is 0.0737. The zero-order valence-electron chi connectivity index (χ0n) is 8.12. The number of hydrogen-bond acceptors (Lipinski definition) is 4. The summed E-state index contributed by atoms with van der Waals surface area (Å²) in [4.78, 5) is 11.9. The molecule has 4 nitrogen and oxygen atoms in total. The third kappa shape index (κ3) is 2.35. The van der Waals surface area contributed by atoms with Crippen molar-refractivity contribution in [3.8, 4) is 6.07 Å². The summed E-state index contributed by atoms with van der Waals surface area (Å²) in [6, 6.07) is 3.87. The highest BCUT2D eigenvalue weighted by Gasteiger charge is 2.22. The van der Waals surface area contributed by atoms with Crippen LogP contribution in [0.5, 0.6) is 0 Å². The molecule has 0 radical (unpaired) electrons. The third-order valence-corrected chi connectivity index (χ3v) is 3.25. The molecule has 1 amide bonds. The Morgan fingerprint density at radius 1 is 1.73 bits per heavy atom. The van der Waals surface area contributed by atoms with Crippen LogP contribution in [0.15, 0.2) is 11.4 Å². The summed E-state index contributed by atoms with van der Waals surface area (Å²) in [6.07, 6.45) is 0.841. The van der Waals surface area contributed by atoms with Crippen LogP contribution in [0, 0.1) is 11.3 Å². The molecule has 0 aromatic carbocycles. The number of nitriles is 1. The van der Waals surface area contributed by atoms with E-state index < -0.39 is 0 Å². The standard InChI is InChI=1S/C10H11N3OS/c11-4-8-3-7(6-15-8)5-13-9-1-2-12-10(9)14/h3,6,9,13H,1-2,5H2,(H,12,14)/t9-/m0/s1. The van der Waals surface area contributed by atoms with Crippen molar-refractivity contribution >= 4 is 17.2 Å². The van der Waals surface area contributed by atoms with Crippen molar-refractivity contribution in [2.75, 3.05) is 6.54 Å². The number of nitrogens with one attached hydrogen (secondary N) is 2. The van der Waals surface area contributed by atoms with Gasteiger partial charge < -0.3 is 10.6 Å². The Balaban J connectivity index is 1.88. The summed E-state index contributed by atoms with van der Waals surface area (Å²) >= 11 is 1.43. The summed E-state index contributed by atoms with van der Waals surface area (Å²) in [5, 5.41) is 16.5. The Morgan fingerprint density at radius 2 is 2.60 bits per heavy atom. The molecule has 1 aromatic heterocycles. The SMILES string of the molecule is N#Cc1cc(CN[C@H]2CCNC2=O)cs1. The summed E-state index contributed by atoms with van der Waals surface area (Å²) < 4.78 is 0. The van der Waals surface area contributed by atoms with E-state index >= 15 is 0 Å². The Kier molecular flexibility index (Phi) is 2.99. The molecule has 0 saturated carbocycles. The van der Waals surface area contributed by atoms with E-state index in [1.165, 1.54) is 11.3 Å². The van der Waals surface area contributed by atoms with Gasteiger partial charge in [0.1, 0.15) is 10.9 Å². The zero-order valence-corrected chi connectivity index (χ0v) is 8.93. The van der Waals surface area contributed by atoms with Crippen LogP contribution in [0.3, 0.4) is 0 Å². The van der Waals surface area contributed by atoms with Crippen LogP contribution in [-0.2, 0) is 11.3 Å². The molecule has 78 valence electrons. The van der Waals surface area contributed by atoms with Crippen molar-refractivity contribution in [1.82, 2.24) is 10.6 Å².